The molecule has 144 valence electrons. The highest BCUT2D eigenvalue weighted by molar-refractivity contribution is 6.09. The molecule has 6 nitrogen and oxygen atoms in total. The van der Waals surface area contributed by atoms with Crippen LogP contribution in [0.3, 0.4) is 0 Å². The van der Waals surface area contributed by atoms with Crippen LogP contribution in [0.15, 0.2) is 48.5 Å². The van der Waals surface area contributed by atoms with Gasteiger partial charge < -0.3 is 20.1 Å². The van der Waals surface area contributed by atoms with Crippen LogP contribution in [0.1, 0.15) is 13.8 Å². The van der Waals surface area contributed by atoms with Gasteiger partial charge in [-0.3, -0.25) is 9.59 Å². The molecule has 2 N–H and O–H groups in total. The Bertz CT molecular complexity index is 791. The van der Waals surface area contributed by atoms with Crippen molar-refractivity contribution in [3.63, 3.8) is 0 Å². The van der Waals surface area contributed by atoms with Crippen molar-refractivity contribution in [1.29, 1.82) is 0 Å². The van der Waals surface area contributed by atoms with E-state index < -0.39 is 23.0 Å². The fourth-order valence-corrected chi connectivity index (χ4v) is 2.18. The third kappa shape index (κ3) is 5.70. The van der Waals surface area contributed by atoms with Gasteiger partial charge in [0.2, 0.25) is 11.8 Å². The van der Waals surface area contributed by atoms with E-state index in [1.165, 1.54) is 32.0 Å². The normalized spacial score (nSPS) is 10.8. The summed E-state index contributed by atoms with van der Waals surface area (Å²) in [6, 6.07) is 12.6. The summed E-state index contributed by atoms with van der Waals surface area (Å²) >= 11 is 0. The van der Waals surface area contributed by atoms with E-state index in [0.29, 0.717) is 11.4 Å². The second kappa shape index (κ2) is 9.02. The maximum absolute atomic E-state index is 13.2. The highest BCUT2D eigenvalue weighted by Gasteiger charge is 2.35. The van der Waals surface area contributed by atoms with Crippen molar-refractivity contribution in [2.75, 3.05) is 25.6 Å². The van der Waals surface area contributed by atoms with E-state index in [0.717, 1.165) is 5.75 Å². The van der Waals surface area contributed by atoms with Crippen LogP contribution in [0.2, 0.25) is 0 Å². The molecule has 0 aliphatic heterocycles. The lowest BCUT2D eigenvalue weighted by Gasteiger charge is -2.22. The molecule has 2 aromatic rings. The first-order valence-electron chi connectivity index (χ1n) is 8.45. The van der Waals surface area contributed by atoms with E-state index in [1.807, 2.05) is 0 Å². The summed E-state index contributed by atoms with van der Waals surface area (Å²) in [7, 11) is 1.58. The Morgan fingerprint density at radius 2 is 1.70 bits per heavy atom. The minimum atomic E-state index is -1.33. The molecule has 0 spiro atoms. The Labute approximate surface area is 157 Å². The Balaban J connectivity index is 1.81. The molecule has 0 fully saturated rings. The molecule has 27 heavy (non-hydrogen) atoms. The Hall–Kier alpha value is -3.09. The second-order valence-corrected chi connectivity index (χ2v) is 6.37. The molecule has 0 aliphatic carbocycles. The van der Waals surface area contributed by atoms with Crippen LogP contribution in [0, 0.1) is 11.2 Å². The van der Waals surface area contributed by atoms with Crippen molar-refractivity contribution < 1.29 is 23.5 Å². The third-order valence-corrected chi connectivity index (χ3v) is 3.93. The molecule has 0 saturated carbocycles. The van der Waals surface area contributed by atoms with Gasteiger partial charge >= 0.3 is 0 Å². The number of halogens is 1. The molecule has 0 aromatic heterocycles. The van der Waals surface area contributed by atoms with Crippen LogP contribution < -0.4 is 20.1 Å². The molecule has 0 radical (unpaired) electrons. The molecule has 2 aromatic carbocycles. The fourth-order valence-electron chi connectivity index (χ4n) is 2.18. The number of anilines is 1. The first-order valence-corrected chi connectivity index (χ1v) is 8.45. The summed E-state index contributed by atoms with van der Waals surface area (Å²) in [6.07, 6.45) is 0. The van der Waals surface area contributed by atoms with Gasteiger partial charge in [0.15, 0.2) is 0 Å². The molecule has 0 atom stereocenters. The van der Waals surface area contributed by atoms with Gasteiger partial charge in [-0.25, -0.2) is 4.39 Å². The van der Waals surface area contributed by atoms with Crippen LogP contribution in [-0.4, -0.2) is 32.1 Å². The first kappa shape index (κ1) is 20.2. The van der Waals surface area contributed by atoms with Gasteiger partial charge in [-0.15, -0.1) is 0 Å². The largest absolute Gasteiger partial charge is 0.497 e. The molecule has 2 rings (SSSR count). The summed E-state index contributed by atoms with van der Waals surface area (Å²) in [5.74, 6) is -0.0722. The van der Waals surface area contributed by atoms with Gasteiger partial charge in [0, 0.05) is 5.69 Å². The zero-order chi connectivity index (χ0) is 19.9. The summed E-state index contributed by atoms with van der Waals surface area (Å²) < 4.78 is 23.8. The van der Waals surface area contributed by atoms with Gasteiger partial charge in [0.05, 0.1) is 13.7 Å². The van der Waals surface area contributed by atoms with Gasteiger partial charge in [-0.05, 0) is 56.3 Å². The summed E-state index contributed by atoms with van der Waals surface area (Å²) in [4.78, 5) is 24.7. The SMILES string of the molecule is COc1ccc(OCCNC(=O)C(C)(C)C(=O)Nc2cccc(F)c2)cc1. The molecule has 0 heterocycles. The Morgan fingerprint density at radius 1 is 1.04 bits per heavy atom. The lowest BCUT2D eigenvalue weighted by atomic mass is 9.91. The minimum absolute atomic E-state index is 0.238. The number of methoxy groups -OCH3 is 1. The standard InChI is InChI=1S/C20H23FN2O4/c1-20(2,19(25)23-15-6-4-5-14(21)13-15)18(24)22-11-12-27-17-9-7-16(26-3)8-10-17/h4-10,13H,11-12H2,1-3H3,(H,22,24)(H,23,25). The van der Waals surface area contributed by atoms with Gasteiger partial charge in [0.25, 0.3) is 0 Å². The molecule has 0 unspecified atom stereocenters. The van der Waals surface area contributed by atoms with Crippen molar-refractivity contribution in [2.24, 2.45) is 5.41 Å². The first-order chi connectivity index (χ1) is 12.8. The molecule has 2 amide bonds. The third-order valence-electron chi connectivity index (χ3n) is 3.93. The fraction of sp³-hybridized carbons (Fsp3) is 0.300. The Morgan fingerprint density at radius 3 is 2.33 bits per heavy atom. The molecule has 0 aliphatic rings. The smallest absolute Gasteiger partial charge is 0.239 e. The second-order valence-electron chi connectivity index (χ2n) is 6.37. The number of benzene rings is 2. The van der Waals surface area contributed by atoms with E-state index >= 15 is 0 Å². The maximum atomic E-state index is 13.2. The van der Waals surface area contributed by atoms with E-state index in [4.69, 9.17) is 9.47 Å². The van der Waals surface area contributed by atoms with Crippen LogP contribution in [0.25, 0.3) is 0 Å². The Kier molecular flexibility index (Phi) is 6.76. The van der Waals surface area contributed by atoms with Crippen LogP contribution in [0.4, 0.5) is 10.1 Å². The molecular formula is C20H23FN2O4. The number of carbonyl (C=O) groups excluding carboxylic acids is 2. The highest BCUT2D eigenvalue weighted by Crippen LogP contribution is 2.20. The van der Waals surface area contributed by atoms with Crippen molar-refractivity contribution in [3.8, 4) is 11.5 Å². The quantitative estimate of drug-likeness (QED) is 0.550. The van der Waals surface area contributed by atoms with Gasteiger partial charge in [0.1, 0.15) is 29.3 Å². The summed E-state index contributed by atoms with van der Waals surface area (Å²) in [6.45, 7) is 3.49. The molecule has 7 heteroatoms. The predicted molar refractivity (Wildman–Crippen MR) is 100 cm³/mol. The number of hydrogen-bond donors (Lipinski definition) is 2. The van der Waals surface area contributed by atoms with Crippen LogP contribution >= 0.6 is 0 Å². The van der Waals surface area contributed by atoms with Gasteiger partial charge in [-0.1, -0.05) is 6.07 Å². The summed E-state index contributed by atoms with van der Waals surface area (Å²) in [5, 5.41) is 5.22. The minimum Gasteiger partial charge on any atom is -0.497 e. The average molecular weight is 374 g/mol. The number of amides is 2. The number of ether oxygens (including phenoxy) is 2. The predicted octanol–water partition coefficient (Wildman–Crippen LogP) is 2.99. The van der Waals surface area contributed by atoms with E-state index in [-0.39, 0.29) is 13.2 Å². The zero-order valence-electron chi connectivity index (χ0n) is 15.5. The highest BCUT2D eigenvalue weighted by atomic mass is 19.1. The number of nitrogens with one attached hydrogen (secondary N) is 2. The number of carbonyl (C=O) groups is 2. The van der Waals surface area contributed by atoms with Crippen LogP contribution in [0.5, 0.6) is 11.5 Å². The van der Waals surface area contributed by atoms with Crippen molar-refractivity contribution in [2.45, 2.75) is 13.8 Å². The van der Waals surface area contributed by atoms with E-state index in [9.17, 15) is 14.0 Å². The van der Waals surface area contributed by atoms with E-state index in [2.05, 4.69) is 10.6 Å². The lowest BCUT2D eigenvalue weighted by molar-refractivity contribution is -0.138. The molecular weight excluding hydrogens is 351 g/mol. The lowest BCUT2D eigenvalue weighted by Crippen LogP contribution is -2.46. The van der Waals surface area contributed by atoms with E-state index in [1.54, 1.807) is 37.4 Å². The summed E-state index contributed by atoms with van der Waals surface area (Å²) in [5.41, 5.74) is -1.03. The molecule has 0 saturated heterocycles. The van der Waals surface area contributed by atoms with Crippen molar-refractivity contribution in [3.05, 3.63) is 54.3 Å². The van der Waals surface area contributed by atoms with Crippen LogP contribution in [-0.2, 0) is 9.59 Å². The van der Waals surface area contributed by atoms with Crippen molar-refractivity contribution in [1.82, 2.24) is 5.32 Å². The zero-order valence-corrected chi connectivity index (χ0v) is 15.5. The van der Waals surface area contributed by atoms with Gasteiger partial charge in [-0.2, -0.15) is 0 Å². The van der Waals surface area contributed by atoms with Crippen molar-refractivity contribution >= 4 is 17.5 Å². The monoisotopic (exact) mass is 374 g/mol. The molecule has 0 bridgehead atoms. The topological polar surface area (TPSA) is 76.7 Å². The maximum Gasteiger partial charge on any atom is 0.239 e. The average Bonchev–Trinajstić information content (AvgIpc) is 2.65. The number of rotatable bonds is 8. The number of hydrogen-bond acceptors (Lipinski definition) is 4.